The van der Waals surface area contributed by atoms with Crippen molar-refractivity contribution in [3.8, 4) is 0 Å². The summed E-state index contributed by atoms with van der Waals surface area (Å²) < 4.78 is 0. The van der Waals surface area contributed by atoms with E-state index in [9.17, 15) is 9.59 Å². The molecule has 1 saturated heterocycles. The van der Waals surface area contributed by atoms with E-state index in [1.165, 1.54) is 0 Å². The van der Waals surface area contributed by atoms with Crippen LogP contribution >= 0.6 is 0 Å². The number of carbonyl (C=O) groups excluding carboxylic acids is 2. The van der Waals surface area contributed by atoms with Gasteiger partial charge in [0.05, 0.1) is 0 Å². The number of carbonyl (C=O) groups is 2. The van der Waals surface area contributed by atoms with Gasteiger partial charge in [0, 0.05) is 17.6 Å². The molecule has 5 heteroatoms. The first-order chi connectivity index (χ1) is 11.4. The fraction of sp³-hybridized carbons (Fsp3) is 0.579. The highest BCUT2D eigenvalue weighted by molar-refractivity contribution is 5.97. The first-order valence-electron chi connectivity index (χ1n) is 8.79. The monoisotopic (exact) mass is 331 g/mol. The molecular weight excluding hydrogens is 302 g/mol. The summed E-state index contributed by atoms with van der Waals surface area (Å²) in [5.74, 6) is -0.295. The van der Waals surface area contributed by atoms with Gasteiger partial charge in [0.15, 0.2) is 0 Å². The Balaban J connectivity index is 2.01. The lowest BCUT2D eigenvalue weighted by molar-refractivity contribution is -0.125. The van der Waals surface area contributed by atoms with Crippen LogP contribution in [-0.2, 0) is 4.79 Å². The molecule has 0 bridgehead atoms. The second-order valence-electron chi connectivity index (χ2n) is 7.06. The number of hydrogen-bond donors (Lipinski definition) is 3. The Labute approximate surface area is 144 Å². The average Bonchev–Trinajstić information content (AvgIpc) is 2.54. The second-order valence-corrected chi connectivity index (χ2v) is 7.06. The predicted molar refractivity (Wildman–Crippen MR) is 95.9 cm³/mol. The Kier molecular flexibility index (Phi) is 6.37. The molecule has 0 aromatic heterocycles. The molecule has 1 fully saturated rings. The minimum absolute atomic E-state index is 0.0197. The van der Waals surface area contributed by atoms with E-state index in [-0.39, 0.29) is 29.8 Å². The number of rotatable bonds is 5. The summed E-state index contributed by atoms with van der Waals surface area (Å²) in [6.07, 6.45) is 2.02. The van der Waals surface area contributed by atoms with Gasteiger partial charge < -0.3 is 16.0 Å². The van der Waals surface area contributed by atoms with Crippen LogP contribution in [0.4, 0.5) is 0 Å². The number of nitrogens with one attached hydrogen (secondary N) is 3. The molecule has 0 radical (unpaired) electrons. The maximum absolute atomic E-state index is 12.7. The van der Waals surface area contributed by atoms with E-state index in [0.717, 1.165) is 24.9 Å². The quantitative estimate of drug-likeness (QED) is 0.773. The third-order valence-corrected chi connectivity index (χ3v) is 4.64. The van der Waals surface area contributed by atoms with E-state index >= 15 is 0 Å². The van der Waals surface area contributed by atoms with Crippen molar-refractivity contribution in [1.29, 1.82) is 0 Å². The summed E-state index contributed by atoms with van der Waals surface area (Å²) in [6.45, 7) is 8.94. The Morgan fingerprint density at radius 2 is 1.88 bits per heavy atom. The van der Waals surface area contributed by atoms with Crippen LogP contribution in [-0.4, -0.2) is 36.5 Å². The lowest BCUT2D eigenvalue weighted by Gasteiger charge is -2.32. The summed E-state index contributed by atoms with van der Waals surface area (Å²) in [7, 11) is 0. The van der Waals surface area contributed by atoms with Crippen molar-refractivity contribution >= 4 is 11.8 Å². The van der Waals surface area contributed by atoms with Crippen LogP contribution in [0.2, 0.25) is 0 Å². The molecular formula is C19H29N3O2. The zero-order chi connectivity index (χ0) is 17.7. The lowest BCUT2D eigenvalue weighted by atomic mass is 9.97. The smallest absolute Gasteiger partial charge is 0.251 e. The van der Waals surface area contributed by atoms with E-state index in [0.29, 0.717) is 5.56 Å². The minimum atomic E-state index is -0.534. The molecule has 2 amide bonds. The zero-order valence-corrected chi connectivity index (χ0v) is 15.1. The van der Waals surface area contributed by atoms with Gasteiger partial charge in [-0.25, -0.2) is 0 Å². The Bertz CT molecular complexity index is 568. The highest BCUT2D eigenvalue weighted by atomic mass is 16.2. The van der Waals surface area contributed by atoms with Gasteiger partial charge in [-0.1, -0.05) is 31.5 Å². The first-order valence-corrected chi connectivity index (χ1v) is 8.79. The fourth-order valence-electron chi connectivity index (χ4n) is 2.98. The van der Waals surface area contributed by atoms with Gasteiger partial charge in [-0.3, -0.25) is 9.59 Å². The molecule has 1 aromatic rings. The summed E-state index contributed by atoms with van der Waals surface area (Å²) >= 11 is 0. The molecule has 0 aliphatic carbocycles. The largest absolute Gasteiger partial charge is 0.350 e. The van der Waals surface area contributed by atoms with Crippen LogP contribution in [0.1, 0.15) is 49.5 Å². The maximum Gasteiger partial charge on any atom is 0.251 e. The summed E-state index contributed by atoms with van der Waals surface area (Å²) in [5.41, 5.74) is 1.68. The average molecular weight is 331 g/mol. The van der Waals surface area contributed by atoms with Crippen molar-refractivity contribution in [2.24, 2.45) is 5.92 Å². The van der Waals surface area contributed by atoms with Crippen molar-refractivity contribution < 1.29 is 9.59 Å². The maximum atomic E-state index is 12.7. The molecule has 0 saturated carbocycles. The van der Waals surface area contributed by atoms with E-state index in [1.54, 1.807) is 12.1 Å². The van der Waals surface area contributed by atoms with Crippen LogP contribution in [0.25, 0.3) is 0 Å². The van der Waals surface area contributed by atoms with Crippen molar-refractivity contribution in [2.75, 3.05) is 6.54 Å². The van der Waals surface area contributed by atoms with Gasteiger partial charge in [0.1, 0.15) is 6.04 Å². The Morgan fingerprint density at radius 3 is 2.46 bits per heavy atom. The molecule has 1 aliphatic rings. The summed E-state index contributed by atoms with van der Waals surface area (Å²) in [6, 6.07) is 7.20. The van der Waals surface area contributed by atoms with Crippen molar-refractivity contribution in [1.82, 2.24) is 16.0 Å². The standard InChI is InChI=1S/C19H29N3O2/c1-12(2)17(19(24)21-16-6-5-11-20-14(16)4)22-18(23)15-9-7-13(3)8-10-15/h7-10,12,14,16-17,20H,5-6,11H2,1-4H3,(H,21,24)(H,22,23). The summed E-state index contributed by atoms with van der Waals surface area (Å²) in [5, 5.41) is 9.36. The normalized spacial score (nSPS) is 22.0. The molecule has 3 N–H and O–H groups in total. The highest BCUT2D eigenvalue weighted by Gasteiger charge is 2.29. The Morgan fingerprint density at radius 1 is 1.21 bits per heavy atom. The molecule has 5 nitrogen and oxygen atoms in total. The zero-order valence-electron chi connectivity index (χ0n) is 15.1. The van der Waals surface area contributed by atoms with Gasteiger partial charge in [-0.15, -0.1) is 0 Å². The lowest BCUT2D eigenvalue weighted by Crippen LogP contribution is -2.57. The molecule has 3 unspecified atom stereocenters. The van der Waals surface area contributed by atoms with Crippen molar-refractivity contribution in [3.63, 3.8) is 0 Å². The van der Waals surface area contributed by atoms with Crippen LogP contribution in [0, 0.1) is 12.8 Å². The minimum Gasteiger partial charge on any atom is -0.350 e. The molecule has 0 spiro atoms. The molecule has 2 rings (SSSR count). The van der Waals surface area contributed by atoms with E-state index < -0.39 is 6.04 Å². The molecule has 132 valence electrons. The third kappa shape index (κ3) is 4.81. The third-order valence-electron chi connectivity index (χ3n) is 4.64. The number of benzene rings is 1. The van der Waals surface area contributed by atoms with Crippen molar-refractivity contribution in [2.45, 2.75) is 58.7 Å². The van der Waals surface area contributed by atoms with Gasteiger partial charge >= 0.3 is 0 Å². The Hall–Kier alpha value is -1.88. The van der Waals surface area contributed by atoms with Crippen molar-refractivity contribution in [3.05, 3.63) is 35.4 Å². The molecule has 1 aliphatic heterocycles. The SMILES string of the molecule is Cc1ccc(C(=O)NC(C(=O)NC2CCCNC2C)C(C)C)cc1. The molecule has 1 heterocycles. The van der Waals surface area contributed by atoms with Gasteiger partial charge in [0.2, 0.25) is 5.91 Å². The first kappa shape index (κ1) is 18.5. The highest BCUT2D eigenvalue weighted by Crippen LogP contribution is 2.11. The topological polar surface area (TPSA) is 70.2 Å². The van der Waals surface area contributed by atoms with E-state index in [1.807, 2.05) is 32.9 Å². The van der Waals surface area contributed by atoms with Gasteiger partial charge in [-0.2, -0.15) is 0 Å². The van der Waals surface area contributed by atoms with Gasteiger partial charge in [0.25, 0.3) is 5.91 Å². The van der Waals surface area contributed by atoms with E-state index in [4.69, 9.17) is 0 Å². The summed E-state index contributed by atoms with van der Waals surface area (Å²) in [4.78, 5) is 25.1. The molecule has 3 atom stereocenters. The molecule has 1 aromatic carbocycles. The van der Waals surface area contributed by atoms with Gasteiger partial charge in [-0.05, 0) is 51.3 Å². The number of aryl methyl sites for hydroxylation is 1. The predicted octanol–water partition coefficient (Wildman–Crippen LogP) is 2.01. The van der Waals surface area contributed by atoms with Crippen LogP contribution in [0.3, 0.4) is 0 Å². The second kappa shape index (κ2) is 8.29. The fourth-order valence-corrected chi connectivity index (χ4v) is 2.98. The van der Waals surface area contributed by atoms with Crippen LogP contribution in [0.5, 0.6) is 0 Å². The number of hydrogen-bond acceptors (Lipinski definition) is 3. The number of amides is 2. The molecule has 24 heavy (non-hydrogen) atoms. The van der Waals surface area contributed by atoms with Crippen LogP contribution < -0.4 is 16.0 Å². The van der Waals surface area contributed by atoms with E-state index in [2.05, 4.69) is 22.9 Å². The number of piperidine rings is 1. The van der Waals surface area contributed by atoms with Crippen LogP contribution in [0.15, 0.2) is 24.3 Å².